The molecule has 4 atom stereocenters. The molecule has 1 aliphatic carbocycles. The molecule has 1 aliphatic heterocycles. The first-order valence-electron chi connectivity index (χ1n) is 12.6. The smallest absolute Gasteiger partial charge is 0.309 e. The Balaban J connectivity index is 1.81. The molecule has 4 N–H and O–H groups in total. The third-order valence-electron chi connectivity index (χ3n) is 7.23. The van der Waals surface area contributed by atoms with E-state index in [-0.39, 0.29) is 24.1 Å². The number of amides is 3. The van der Waals surface area contributed by atoms with E-state index < -0.39 is 47.2 Å². The lowest BCUT2D eigenvalue weighted by Gasteiger charge is -2.38. The largest absolute Gasteiger partial charge is 0.481 e. The summed E-state index contributed by atoms with van der Waals surface area (Å²) in [6, 6.07) is -2.27. The van der Waals surface area contributed by atoms with Gasteiger partial charge in [-0.05, 0) is 24.2 Å². The first-order chi connectivity index (χ1) is 17.0. The average Bonchev–Trinajstić information content (AvgIpc) is 3.35. The number of carbonyl (C=O) groups excluding carboxylic acids is 3. The molecule has 0 radical (unpaired) electrons. The number of hydrogen-bond acceptors (Lipinski definition) is 7. The van der Waals surface area contributed by atoms with Gasteiger partial charge >= 0.3 is 5.97 Å². The maximum Gasteiger partial charge on any atom is 0.309 e. The lowest BCUT2D eigenvalue weighted by atomic mass is 9.82. The molecular weight excluding hydrogens is 464 g/mol. The number of aliphatic carboxylic acids is 1. The van der Waals surface area contributed by atoms with E-state index in [1.54, 1.807) is 7.05 Å². The Morgan fingerprint density at radius 3 is 2.36 bits per heavy atom. The molecule has 0 bridgehead atoms. The van der Waals surface area contributed by atoms with E-state index in [1.165, 1.54) is 23.5 Å². The Kier molecular flexibility index (Phi) is 8.99. The molecule has 3 amide bonds. The van der Waals surface area contributed by atoms with Gasteiger partial charge in [0, 0.05) is 32.5 Å². The fourth-order valence-corrected chi connectivity index (χ4v) is 5.07. The number of nitrogens with one attached hydrogen (secondary N) is 3. The lowest BCUT2D eigenvalue weighted by Crippen LogP contribution is -2.61. The lowest BCUT2D eigenvalue weighted by molar-refractivity contribution is -0.146. The molecule has 11 heteroatoms. The summed E-state index contributed by atoms with van der Waals surface area (Å²) in [6.45, 7) is 6.18. The predicted molar refractivity (Wildman–Crippen MR) is 132 cm³/mol. The van der Waals surface area contributed by atoms with Crippen molar-refractivity contribution < 1.29 is 24.3 Å². The molecule has 1 saturated carbocycles. The third-order valence-corrected chi connectivity index (χ3v) is 7.23. The van der Waals surface area contributed by atoms with Crippen LogP contribution in [0.25, 0.3) is 0 Å². The molecule has 3 rings (SSSR count). The summed E-state index contributed by atoms with van der Waals surface area (Å²) in [5, 5.41) is 18.3. The number of aromatic nitrogens is 2. The number of hydrogen-bond donors (Lipinski definition) is 4. The molecule has 36 heavy (non-hydrogen) atoms. The molecule has 0 aromatic carbocycles. The number of carbonyl (C=O) groups is 4. The van der Waals surface area contributed by atoms with Gasteiger partial charge in [-0.15, -0.1) is 0 Å². The van der Waals surface area contributed by atoms with Crippen LogP contribution in [0.15, 0.2) is 18.6 Å². The van der Waals surface area contributed by atoms with Crippen molar-refractivity contribution in [2.24, 2.45) is 17.3 Å². The van der Waals surface area contributed by atoms with E-state index in [2.05, 4.69) is 25.9 Å². The number of nitrogens with zero attached hydrogens (tertiary/aromatic N) is 3. The van der Waals surface area contributed by atoms with Crippen molar-refractivity contribution >= 4 is 23.7 Å². The maximum absolute atomic E-state index is 13.6. The fourth-order valence-electron chi connectivity index (χ4n) is 5.07. The molecule has 1 aromatic heterocycles. The van der Waals surface area contributed by atoms with Crippen LogP contribution in [-0.4, -0.2) is 81.9 Å². The number of likely N-dealkylation sites (N-methyl/N-ethyl adjacent to an activating group) is 1. The summed E-state index contributed by atoms with van der Waals surface area (Å²) in [7, 11) is 1.58. The highest BCUT2D eigenvalue weighted by molar-refractivity contribution is 5.97. The van der Waals surface area contributed by atoms with Crippen LogP contribution in [0.4, 0.5) is 0 Å². The minimum absolute atomic E-state index is 0.0664. The van der Waals surface area contributed by atoms with Crippen molar-refractivity contribution in [3.05, 3.63) is 24.3 Å². The van der Waals surface area contributed by atoms with Gasteiger partial charge in [0.2, 0.25) is 11.8 Å². The minimum Gasteiger partial charge on any atom is -0.481 e. The van der Waals surface area contributed by atoms with Gasteiger partial charge in [0.1, 0.15) is 17.8 Å². The maximum atomic E-state index is 13.6. The van der Waals surface area contributed by atoms with Crippen LogP contribution in [0.3, 0.4) is 0 Å². The van der Waals surface area contributed by atoms with E-state index in [1.807, 2.05) is 20.8 Å². The minimum atomic E-state index is -0.968. The Hall–Kier alpha value is -3.08. The summed E-state index contributed by atoms with van der Waals surface area (Å²) in [4.78, 5) is 61.2. The quantitative estimate of drug-likeness (QED) is 0.407. The van der Waals surface area contributed by atoms with Gasteiger partial charge in [-0.25, -0.2) is 4.98 Å². The zero-order valence-electron chi connectivity index (χ0n) is 21.5. The summed E-state index contributed by atoms with van der Waals surface area (Å²) >= 11 is 0. The highest BCUT2D eigenvalue weighted by atomic mass is 16.4. The van der Waals surface area contributed by atoms with Crippen molar-refractivity contribution in [2.45, 2.75) is 71.0 Å². The third kappa shape index (κ3) is 6.57. The van der Waals surface area contributed by atoms with Crippen LogP contribution in [0.5, 0.6) is 0 Å². The Labute approximate surface area is 211 Å². The molecule has 0 spiro atoms. The normalized spacial score (nSPS) is 22.3. The van der Waals surface area contributed by atoms with E-state index in [4.69, 9.17) is 0 Å². The molecule has 1 saturated heterocycles. The van der Waals surface area contributed by atoms with Crippen molar-refractivity contribution in [2.75, 3.05) is 20.1 Å². The molecule has 0 unspecified atom stereocenters. The first-order valence-corrected chi connectivity index (χ1v) is 12.6. The van der Waals surface area contributed by atoms with Gasteiger partial charge in [0.25, 0.3) is 5.91 Å². The van der Waals surface area contributed by atoms with Crippen LogP contribution in [0, 0.1) is 17.3 Å². The average molecular weight is 503 g/mol. The molecule has 1 aromatic rings. The highest BCUT2D eigenvalue weighted by Gasteiger charge is 2.43. The van der Waals surface area contributed by atoms with Crippen LogP contribution in [0.1, 0.15) is 63.4 Å². The fraction of sp³-hybridized carbons (Fsp3) is 0.680. The van der Waals surface area contributed by atoms with Gasteiger partial charge in [-0.1, -0.05) is 40.0 Å². The number of carboxylic acids is 1. The Bertz CT molecular complexity index is 944. The summed E-state index contributed by atoms with van der Waals surface area (Å²) in [5.74, 6) is -3.05. The van der Waals surface area contributed by atoms with E-state index >= 15 is 0 Å². The second-order valence-corrected chi connectivity index (χ2v) is 10.9. The predicted octanol–water partition coefficient (Wildman–Crippen LogP) is 0.817. The topological polar surface area (TPSA) is 154 Å². The van der Waals surface area contributed by atoms with Gasteiger partial charge in [0.05, 0.1) is 18.2 Å². The number of rotatable bonds is 8. The highest BCUT2D eigenvalue weighted by Crippen LogP contribution is 2.28. The SMILES string of the molecule is CN(C(=O)[C@@H](NC(=O)[C@@H](NC(=O)c1cnccn1)C1CCCCC1)C(C)(C)C)[C@H]1CNC[C@H]1C(=O)O. The zero-order valence-corrected chi connectivity index (χ0v) is 21.5. The van der Waals surface area contributed by atoms with E-state index in [0.29, 0.717) is 6.54 Å². The second kappa shape index (κ2) is 11.8. The van der Waals surface area contributed by atoms with Crippen molar-refractivity contribution in [3.8, 4) is 0 Å². The van der Waals surface area contributed by atoms with E-state index in [9.17, 15) is 24.3 Å². The molecular formula is C25H38N6O5. The summed E-state index contributed by atoms with van der Waals surface area (Å²) in [6.07, 6.45) is 8.81. The van der Waals surface area contributed by atoms with Gasteiger partial charge in [-0.3, -0.25) is 24.2 Å². The molecule has 198 valence electrons. The summed E-state index contributed by atoms with van der Waals surface area (Å²) in [5.41, 5.74) is -0.541. The summed E-state index contributed by atoms with van der Waals surface area (Å²) < 4.78 is 0. The second-order valence-electron chi connectivity index (χ2n) is 10.9. The zero-order chi connectivity index (χ0) is 26.5. The van der Waals surface area contributed by atoms with E-state index in [0.717, 1.165) is 32.1 Å². The van der Waals surface area contributed by atoms with Gasteiger partial charge in [0.15, 0.2) is 0 Å². The van der Waals surface area contributed by atoms with Gasteiger partial charge < -0.3 is 26.0 Å². The Morgan fingerprint density at radius 1 is 1.08 bits per heavy atom. The molecule has 2 heterocycles. The van der Waals surface area contributed by atoms with Crippen LogP contribution >= 0.6 is 0 Å². The Morgan fingerprint density at radius 2 is 1.78 bits per heavy atom. The van der Waals surface area contributed by atoms with Crippen molar-refractivity contribution in [1.29, 1.82) is 0 Å². The van der Waals surface area contributed by atoms with Crippen molar-refractivity contribution in [3.63, 3.8) is 0 Å². The van der Waals surface area contributed by atoms with Crippen LogP contribution in [-0.2, 0) is 14.4 Å². The number of carboxylic acid groups (broad SMARTS) is 1. The molecule has 11 nitrogen and oxygen atoms in total. The molecule has 2 fully saturated rings. The van der Waals surface area contributed by atoms with Gasteiger partial charge in [-0.2, -0.15) is 0 Å². The monoisotopic (exact) mass is 502 g/mol. The van der Waals surface area contributed by atoms with Crippen LogP contribution in [0.2, 0.25) is 0 Å². The van der Waals surface area contributed by atoms with Crippen LogP contribution < -0.4 is 16.0 Å². The first kappa shape index (κ1) is 27.5. The standard InChI is InChI=1S/C25H38N6O5/c1-25(2,3)20(23(34)31(4)18-14-27-12-16(18)24(35)36)30-22(33)19(15-8-6-5-7-9-15)29-21(32)17-13-26-10-11-28-17/h10-11,13,15-16,18-20,27H,5-9,12,14H2,1-4H3,(H,29,32)(H,30,33)(H,35,36)/t16-,18+,19+,20-/m1/s1. The van der Waals surface area contributed by atoms with Crippen molar-refractivity contribution in [1.82, 2.24) is 30.8 Å². The molecule has 2 aliphatic rings.